The molecule has 0 bridgehead atoms. The van der Waals surface area contributed by atoms with Crippen LogP contribution in [0.25, 0.3) is 5.82 Å². The number of halogens is 1. The van der Waals surface area contributed by atoms with Crippen molar-refractivity contribution >= 4 is 21.6 Å². The number of nitrogen functional groups attached to an aromatic ring is 1. The van der Waals surface area contributed by atoms with Crippen molar-refractivity contribution in [2.45, 2.75) is 6.92 Å². The third kappa shape index (κ3) is 1.63. The van der Waals surface area contributed by atoms with Gasteiger partial charge < -0.3 is 5.73 Å². The molecule has 0 radical (unpaired) electrons. The topological polar surface area (TPSA) is 56.7 Å². The van der Waals surface area contributed by atoms with E-state index in [0.717, 1.165) is 10.2 Å². The van der Waals surface area contributed by atoms with Crippen LogP contribution < -0.4 is 5.73 Å². The van der Waals surface area contributed by atoms with Gasteiger partial charge in [0.05, 0.1) is 16.4 Å². The number of hydrogen-bond acceptors (Lipinski definition) is 3. The van der Waals surface area contributed by atoms with E-state index in [-0.39, 0.29) is 0 Å². The summed E-state index contributed by atoms with van der Waals surface area (Å²) >= 11 is 3.32. The van der Waals surface area contributed by atoms with Crippen molar-refractivity contribution in [3.63, 3.8) is 0 Å². The Kier molecular flexibility index (Phi) is 2.25. The fourth-order valence-electron chi connectivity index (χ4n) is 1.15. The molecule has 0 aliphatic carbocycles. The van der Waals surface area contributed by atoms with E-state index >= 15 is 0 Å². The van der Waals surface area contributed by atoms with Crippen LogP contribution in [0.2, 0.25) is 0 Å². The summed E-state index contributed by atoms with van der Waals surface area (Å²) in [6.07, 6.45) is 3.52. The average molecular weight is 253 g/mol. The Morgan fingerprint density at radius 3 is 2.86 bits per heavy atom. The highest BCUT2D eigenvalue weighted by molar-refractivity contribution is 9.10. The van der Waals surface area contributed by atoms with Crippen molar-refractivity contribution in [3.8, 4) is 5.82 Å². The van der Waals surface area contributed by atoms with Crippen LogP contribution >= 0.6 is 15.9 Å². The monoisotopic (exact) mass is 252 g/mol. The minimum Gasteiger partial charge on any atom is -0.396 e. The van der Waals surface area contributed by atoms with Gasteiger partial charge in [0.15, 0.2) is 5.82 Å². The molecule has 2 aromatic rings. The second-order valence-corrected chi connectivity index (χ2v) is 3.88. The molecule has 0 saturated heterocycles. The van der Waals surface area contributed by atoms with Crippen LogP contribution in [0.15, 0.2) is 29.0 Å². The van der Waals surface area contributed by atoms with Gasteiger partial charge in [0.1, 0.15) is 0 Å². The van der Waals surface area contributed by atoms with Crippen LogP contribution in [0.3, 0.4) is 0 Å². The van der Waals surface area contributed by atoms with E-state index < -0.39 is 0 Å². The van der Waals surface area contributed by atoms with Crippen LogP contribution in [0.5, 0.6) is 0 Å². The molecule has 2 aromatic heterocycles. The minimum atomic E-state index is 0.617. The van der Waals surface area contributed by atoms with Crippen LogP contribution in [-0.2, 0) is 0 Å². The molecule has 0 unspecified atom stereocenters. The molecule has 72 valence electrons. The lowest BCUT2D eigenvalue weighted by Gasteiger charge is -2.04. The zero-order valence-electron chi connectivity index (χ0n) is 7.61. The Labute approximate surface area is 89.9 Å². The highest BCUT2D eigenvalue weighted by atomic mass is 79.9. The molecule has 0 atom stereocenters. The van der Waals surface area contributed by atoms with Crippen molar-refractivity contribution in [2.24, 2.45) is 0 Å². The zero-order chi connectivity index (χ0) is 10.1. The van der Waals surface area contributed by atoms with Gasteiger partial charge in [-0.1, -0.05) is 0 Å². The first-order valence-corrected chi connectivity index (χ1v) is 4.90. The molecule has 0 aromatic carbocycles. The molecule has 0 aliphatic rings. The summed E-state index contributed by atoms with van der Waals surface area (Å²) in [5.74, 6) is 0.663. The number of rotatable bonds is 1. The second-order valence-electron chi connectivity index (χ2n) is 2.97. The van der Waals surface area contributed by atoms with E-state index in [4.69, 9.17) is 5.73 Å². The van der Waals surface area contributed by atoms with Crippen molar-refractivity contribution < 1.29 is 0 Å². The van der Waals surface area contributed by atoms with Gasteiger partial charge in [-0.15, -0.1) is 0 Å². The number of nitrogens with zero attached hydrogens (tertiary/aromatic N) is 3. The number of hydrogen-bond donors (Lipinski definition) is 1. The van der Waals surface area contributed by atoms with E-state index in [1.165, 1.54) is 0 Å². The number of pyridine rings is 1. The number of anilines is 1. The quantitative estimate of drug-likeness (QED) is 0.844. The molecule has 5 heteroatoms. The lowest BCUT2D eigenvalue weighted by molar-refractivity contribution is 0.844. The van der Waals surface area contributed by atoms with E-state index in [1.807, 2.05) is 25.3 Å². The summed E-state index contributed by atoms with van der Waals surface area (Å²) < 4.78 is 2.55. The maximum atomic E-state index is 5.79. The predicted molar refractivity (Wildman–Crippen MR) is 58.2 cm³/mol. The maximum Gasteiger partial charge on any atom is 0.176 e. The van der Waals surface area contributed by atoms with Gasteiger partial charge in [0, 0.05) is 11.9 Å². The van der Waals surface area contributed by atoms with Crippen LogP contribution in [0, 0.1) is 6.92 Å². The Balaban J connectivity index is 2.55. The van der Waals surface area contributed by atoms with Gasteiger partial charge in [-0.25, -0.2) is 9.67 Å². The summed E-state index contributed by atoms with van der Waals surface area (Å²) in [7, 11) is 0. The van der Waals surface area contributed by atoms with Crippen molar-refractivity contribution in [3.05, 3.63) is 34.7 Å². The Morgan fingerprint density at radius 2 is 2.21 bits per heavy atom. The normalized spacial score (nSPS) is 10.4. The first kappa shape index (κ1) is 9.21. The number of nitrogens with two attached hydrogens (primary N) is 1. The van der Waals surface area contributed by atoms with Crippen molar-refractivity contribution in [1.82, 2.24) is 14.8 Å². The van der Waals surface area contributed by atoms with Gasteiger partial charge in [0.2, 0.25) is 0 Å². The Hall–Kier alpha value is -1.36. The standard InChI is InChI=1S/C9H9BrN4/c1-6-2-3-8(11)9(13-6)14-5-7(10)4-12-14/h2-5H,11H2,1H3. The third-order valence-electron chi connectivity index (χ3n) is 1.81. The fraction of sp³-hybridized carbons (Fsp3) is 0.111. The molecule has 0 aliphatic heterocycles. The van der Waals surface area contributed by atoms with Crippen molar-refractivity contribution in [1.29, 1.82) is 0 Å². The highest BCUT2D eigenvalue weighted by Gasteiger charge is 2.04. The molecule has 2 N–H and O–H groups in total. The second kappa shape index (κ2) is 3.42. The first-order chi connectivity index (χ1) is 6.66. The van der Waals surface area contributed by atoms with Gasteiger partial charge in [-0.3, -0.25) is 0 Å². The van der Waals surface area contributed by atoms with E-state index in [1.54, 1.807) is 10.9 Å². The summed E-state index contributed by atoms with van der Waals surface area (Å²) in [4.78, 5) is 4.31. The molecule has 14 heavy (non-hydrogen) atoms. The van der Waals surface area contributed by atoms with E-state index in [0.29, 0.717) is 11.5 Å². The first-order valence-electron chi connectivity index (χ1n) is 4.10. The zero-order valence-corrected chi connectivity index (χ0v) is 9.19. The Bertz CT molecular complexity index is 464. The molecule has 2 rings (SSSR count). The number of aromatic nitrogens is 3. The van der Waals surface area contributed by atoms with Crippen LogP contribution in [0.4, 0.5) is 5.69 Å². The van der Waals surface area contributed by atoms with E-state index in [2.05, 4.69) is 26.0 Å². The SMILES string of the molecule is Cc1ccc(N)c(-n2cc(Br)cn2)n1. The molecule has 0 amide bonds. The van der Waals surface area contributed by atoms with Gasteiger partial charge in [-0.2, -0.15) is 5.10 Å². The molecule has 0 saturated carbocycles. The van der Waals surface area contributed by atoms with Gasteiger partial charge in [-0.05, 0) is 35.0 Å². The van der Waals surface area contributed by atoms with Gasteiger partial charge in [0.25, 0.3) is 0 Å². The summed E-state index contributed by atoms with van der Waals surface area (Å²) in [5.41, 5.74) is 7.33. The van der Waals surface area contributed by atoms with Crippen LogP contribution in [-0.4, -0.2) is 14.8 Å². The van der Waals surface area contributed by atoms with Gasteiger partial charge >= 0.3 is 0 Å². The predicted octanol–water partition coefficient (Wildman–Crippen LogP) is 1.92. The molecular weight excluding hydrogens is 244 g/mol. The smallest absolute Gasteiger partial charge is 0.176 e. The fourth-order valence-corrected chi connectivity index (χ4v) is 1.44. The highest BCUT2D eigenvalue weighted by Crippen LogP contribution is 2.16. The van der Waals surface area contributed by atoms with E-state index in [9.17, 15) is 0 Å². The summed E-state index contributed by atoms with van der Waals surface area (Å²) in [5, 5.41) is 4.12. The van der Waals surface area contributed by atoms with Crippen LogP contribution in [0.1, 0.15) is 5.69 Å². The lowest BCUT2D eigenvalue weighted by Crippen LogP contribution is -2.03. The number of aryl methyl sites for hydroxylation is 1. The molecule has 0 spiro atoms. The molecule has 0 fully saturated rings. The largest absolute Gasteiger partial charge is 0.396 e. The molecule has 4 nitrogen and oxygen atoms in total. The summed E-state index contributed by atoms with van der Waals surface area (Å²) in [6.45, 7) is 1.92. The van der Waals surface area contributed by atoms with Crippen molar-refractivity contribution in [2.75, 3.05) is 5.73 Å². The minimum absolute atomic E-state index is 0.617. The lowest BCUT2D eigenvalue weighted by atomic mass is 10.3. The molecular formula is C9H9BrN4. The average Bonchev–Trinajstić information content (AvgIpc) is 2.56. The third-order valence-corrected chi connectivity index (χ3v) is 2.22. The summed E-state index contributed by atoms with van der Waals surface area (Å²) in [6, 6.07) is 3.70. The maximum absolute atomic E-state index is 5.79. The Morgan fingerprint density at radius 1 is 1.43 bits per heavy atom. The molecule has 2 heterocycles.